The summed E-state index contributed by atoms with van der Waals surface area (Å²) in [5.41, 5.74) is 0.623. The van der Waals surface area contributed by atoms with Gasteiger partial charge in [0.2, 0.25) is 0 Å². The van der Waals surface area contributed by atoms with Crippen LogP contribution in [0.2, 0.25) is 0 Å². The summed E-state index contributed by atoms with van der Waals surface area (Å²) >= 11 is 0. The van der Waals surface area contributed by atoms with Crippen LogP contribution in [-0.4, -0.2) is 12.3 Å². The van der Waals surface area contributed by atoms with Gasteiger partial charge in [0, 0.05) is 6.54 Å². The largest absolute Gasteiger partial charge is 0.286 e. The lowest BCUT2D eigenvalue weighted by molar-refractivity contribution is 0.621. The van der Waals surface area contributed by atoms with E-state index in [0.29, 0.717) is 12.1 Å². The molecule has 0 spiro atoms. The van der Waals surface area contributed by atoms with E-state index in [1.165, 1.54) is 0 Å². The topological polar surface area (TPSA) is 12.4 Å². The highest BCUT2D eigenvalue weighted by molar-refractivity contribution is 5.98. The molecule has 0 aromatic rings. The van der Waals surface area contributed by atoms with Crippen molar-refractivity contribution in [2.24, 2.45) is 10.9 Å². The summed E-state index contributed by atoms with van der Waals surface area (Å²) in [6, 6.07) is 0. The molecule has 0 N–H and O–H groups in total. The molecule has 10 heavy (non-hydrogen) atoms. The number of hydrogen-bond acceptors (Lipinski definition) is 1. The molecule has 1 unspecified atom stereocenters. The Morgan fingerprint density at radius 2 is 2.50 bits per heavy atom. The quantitative estimate of drug-likeness (QED) is 0.531. The lowest BCUT2D eigenvalue weighted by Gasteiger charge is -2.11. The molecule has 1 aliphatic rings. The van der Waals surface area contributed by atoms with Gasteiger partial charge in [-0.3, -0.25) is 4.99 Å². The normalized spacial score (nSPS) is 25.7. The maximum atomic E-state index is 12.8. The molecular formula is C8H12FN. The van der Waals surface area contributed by atoms with Crippen molar-refractivity contribution >= 4 is 5.71 Å². The molecule has 1 nitrogen and oxygen atoms in total. The van der Waals surface area contributed by atoms with Crippen molar-refractivity contribution in [2.75, 3.05) is 6.54 Å². The van der Waals surface area contributed by atoms with Gasteiger partial charge in [0.25, 0.3) is 0 Å². The van der Waals surface area contributed by atoms with Crippen LogP contribution in [0.4, 0.5) is 4.39 Å². The fraction of sp³-hybridized carbons (Fsp3) is 0.625. The van der Waals surface area contributed by atoms with Gasteiger partial charge in [-0.1, -0.05) is 13.8 Å². The summed E-state index contributed by atoms with van der Waals surface area (Å²) in [5.74, 6) is 0.150. The van der Waals surface area contributed by atoms with Crippen molar-refractivity contribution in [3.63, 3.8) is 0 Å². The smallest absolute Gasteiger partial charge is 0.140 e. The van der Waals surface area contributed by atoms with Gasteiger partial charge in [-0.25, -0.2) is 4.39 Å². The molecule has 0 saturated heterocycles. The van der Waals surface area contributed by atoms with Gasteiger partial charge in [-0.15, -0.1) is 0 Å². The second-order valence-electron chi connectivity index (χ2n) is 2.63. The monoisotopic (exact) mass is 141 g/mol. The van der Waals surface area contributed by atoms with Gasteiger partial charge in [0.1, 0.15) is 5.83 Å². The number of nitrogens with zero attached hydrogens (tertiary/aromatic N) is 1. The van der Waals surface area contributed by atoms with Gasteiger partial charge in [0.15, 0.2) is 0 Å². The molecule has 1 aliphatic heterocycles. The molecule has 2 heteroatoms. The van der Waals surface area contributed by atoms with E-state index in [0.717, 1.165) is 6.54 Å². The molecule has 0 saturated carbocycles. The van der Waals surface area contributed by atoms with Crippen molar-refractivity contribution < 1.29 is 4.39 Å². The highest BCUT2D eigenvalue weighted by Gasteiger charge is 2.11. The Morgan fingerprint density at radius 1 is 1.80 bits per heavy atom. The maximum absolute atomic E-state index is 12.8. The molecule has 1 atom stereocenters. The molecule has 1 heterocycles. The zero-order chi connectivity index (χ0) is 7.56. The molecular weight excluding hydrogens is 129 g/mol. The van der Waals surface area contributed by atoms with Crippen LogP contribution in [0.1, 0.15) is 20.3 Å². The molecule has 0 radical (unpaired) electrons. The SMILES string of the molecule is CCC1=NCC(C)C=C1F. The van der Waals surface area contributed by atoms with Crippen LogP contribution in [0, 0.1) is 5.92 Å². The van der Waals surface area contributed by atoms with Crippen molar-refractivity contribution in [3.8, 4) is 0 Å². The molecule has 0 bridgehead atoms. The molecule has 56 valence electrons. The molecule has 0 aromatic heterocycles. The maximum Gasteiger partial charge on any atom is 0.140 e. The van der Waals surface area contributed by atoms with Crippen molar-refractivity contribution in [1.29, 1.82) is 0 Å². The van der Waals surface area contributed by atoms with Crippen LogP contribution >= 0.6 is 0 Å². The number of hydrogen-bond donors (Lipinski definition) is 0. The predicted octanol–water partition coefficient (Wildman–Crippen LogP) is 2.34. The van der Waals surface area contributed by atoms with Crippen LogP contribution in [0.15, 0.2) is 16.9 Å². The predicted molar refractivity (Wildman–Crippen MR) is 40.9 cm³/mol. The lowest BCUT2D eigenvalue weighted by atomic mass is 10.1. The van der Waals surface area contributed by atoms with Crippen LogP contribution in [0.25, 0.3) is 0 Å². The Bertz CT molecular complexity index is 182. The van der Waals surface area contributed by atoms with Crippen molar-refractivity contribution in [3.05, 3.63) is 11.9 Å². The lowest BCUT2D eigenvalue weighted by Crippen LogP contribution is -2.09. The van der Waals surface area contributed by atoms with Crippen LogP contribution < -0.4 is 0 Å². The molecule has 0 fully saturated rings. The molecule has 0 aliphatic carbocycles. The average molecular weight is 141 g/mol. The van der Waals surface area contributed by atoms with Crippen LogP contribution in [0.3, 0.4) is 0 Å². The highest BCUT2D eigenvalue weighted by Crippen LogP contribution is 2.14. The summed E-state index contributed by atoms with van der Waals surface area (Å²) in [6.07, 6.45) is 2.35. The minimum absolute atomic E-state index is 0.124. The Labute approximate surface area is 60.7 Å². The fourth-order valence-corrected chi connectivity index (χ4v) is 1.01. The first-order valence-electron chi connectivity index (χ1n) is 3.65. The van der Waals surface area contributed by atoms with Crippen molar-refractivity contribution in [2.45, 2.75) is 20.3 Å². The molecule has 1 rings (SSSR count). The fourth-order valence-electron chi connectivity index (χ4n) is 1.01. The highest BCUT2D eigenvalue weighted by atomic mass is 19.1. The first-order valence-corrected chi connectivity index (χ1v) is 3.65. The van der Waals surface area contributed by atoms with Crippen molar-refractivity contribution in [1.82, 2.24) is 0 Å². The number of aliphatic imine (C=N–C) groups is 1. The standard InChI is InChI=1S/C8H12FN/c1-3-8-7(9)4-6(2)5-10-8/h4,6H,3,5H2,1-2H3. The van der Waals surface area contributed by atoms with Gasteiger partial charge in [-0.05, 0) is 18.4 Å². The second-order valence-corrected chi connectivity index (χ2v) is 2.63. The Balaban J connectivity index is 2.71. The first-order chi connectivity index (χ1) is 4.74. The van der Waals surface area contributed by atoms with Crippen LogP contribution in [-0.2, 0) is 0 Å². The van der Waals surface area contributed by atoms with Gasteiger partial charge in [0.05, 0.1) is 5.71 Å². The Hall–Kier alpha value is -0.660. The third kappa shape index (κ3) is 1.43. The van der Waals surface area contributed by atoms with E-state index < -0.39 is 0 Å². The van der Waals surface area contributed by atoms with E-state index >= 15 is 0 Å². The first kappa shape index (κ1) is 7.45. The van der Waals surface area contributed by atoms with E-state index in [-0.39, 0.29) is 11.7 Å². The summed E-state index contributed by atoms with van der Waals surface area (Å²) in [5, 5.41) is 0. The molecule has 0 amide bonds. The minimum atomic E-state index is -0.124. The number of dihydropyridines is 1. The zero-order valence-corrected chi connectivity index (χ0v) is 6.39. The third-order valence-electron chi connectivity index (χ3n) is 1.61. The minimum Gasteiger partial charge on any atom is -0.286 e. The van der Waals surface area contributed by atoms with E-state index in [4.69, 9.17) is 0 Å². The average Bonchev–Trinajstić information content (AvgIpc) is 1.88. The second kappa shape index (κ2) is 2.95. The zero-order valence-electron chi connectivity index (χ0n) is 6.39. The van der Waals surface area contributed by atoms with E-state index in [1.54, 1.807) is 6.08 Å². The Kier molecular flexibility index (Phi) is 2.20. The van der Waals surface area contributed by atoms with Gasteiger partial charge >= 0.3 is 0 Å². The summed E-state index contributed by atoms with van der Waals surface area (Å²) in [4.78, 5) is 4.08. The summed E-state index contributed by atoms with van der Waals surface area (Å²) in [6.45, 7) is 4.63. The van der Waals surface area contributed by atoms with Gasteiger partial charge in [-0.2, -0.15) is 0 Å². The number of rotatable bonds is 1. The number of halogens is 1. The summed E-state index contributed by atoms with van der Waals surface area (Å²) < 4.78 is 12.8. The van der Waals surface area contributed by atoms with E-state index in [9.17, 15) is 4.39 Å². The van der Waals surface area contributed by atoms with Gasteiger partial charge < -0.3 is 0 Å². The third-order valence-corrected chi connectivity index (χ3v) is 1.61. The Morgan fingerprint density at radius 3 is 3.00 bits per heavy atom. The molecule has 0 aromatic carbocycles. The van der Waals surface area contributed by atoms with Crippen LogP contribution in [0.5, 0.6) is 0 Å². The van der Waals surface area contributed by atoms with E-state index in [1.807, 2.05) is 13.8 Å². The number of allylic oxidation sites excluding steroid dienone is 1. The summed E-state index contributed by atoms with van der Waals surface area (Å²) in [7, 11) is 0. The van der Waals surface area contributed by atoms with E-state index in [2.05, 4.69) is 4.99 Å².